The Labute approximate surface area is 182 Å². The van der Waals surface area contributed by atoms with Crippen LogP contribution in [0.2, 0.25) is 5.02 Å². The van der Waals surface area contributed by atoms with Crippen molar-refractivity contribution >= 4 is 17.5 Å². The van der Waals surface area contributed by atoms with Gasteiger partial charge in [0.05, 0.1) is 17.2 Å². The van der Waals surface area contributed by atoms with Gasteiger partial charge in [-0.05, 0) is 48.2 Å². The number of likely N-dealkylation sites (tertiary alicyclic amines) is 1. The highest BCUT2D eigenvalue weighted by Crippen LogP contribution is 2.40. The quantitative estimate of drug-likeness (QED) is 0.778. The Morgan fingerprint density at radius 1 is 1.13 bits per heavy atom. The molecule has 5 rings (SSSR count). The summed E-state index contributed by atoms with van der Waals surface area (Å²) in [4.78, 5) is 14.5. The number of rotatable bonds is 3. The summed E-state index contributed by atoms with van der Waals surface area (Å²) in [6.07, 6.45) is 5.89. The van der Waals surface area contributed by atoms with Crippen molar-refractivity contribution in [2.24, 2.45) is 0 Å². The van der Waals surface area contributed by atoms with Crippen LogP contribution in [-0.4, -0.2) is 42.8 Å². The van der Waals surface area contributed by atoms with Crippen LogP contribution in [0.3, 0.4) is 0 Å². The van der Waals surface area contributed by atoms with E-state index < -0.39 is 5.79 Å². The number of ether oxygens (including phenoxy) is 2. The largest absolute Gasteiger partial charge is 0.462 e. The van der Waals surface area contributed by atoms with E-state index in [2.05, 4.69) is 16.3 Å². The van der Waals surface area contributed by atoms with Crippen molar-refractivity contribution in [3.63, 3.8) is 0 Å². The van der Waals surface area contributed by atoms with Gasteiger partial charge in [-0.3, -0.25) is 9.69 Å². The summed E-state index contributed by atoms with van der Waals surface area (Å²) >= 11 is 6.33. The predicted octanol–water partition coefficient (Wildman–Crippen LogP) is 4.62. The lowest BCUT2D eigenvalue weighted by molar-refractivity contribution is -0.231. The SMILES string of the molecule is CNC(=O)c1ccc(-c2ccc3c(c2)COC2(CCN(C4CCC4)CC2)O3)cc1Cl. The van der Waals surface area contributed by atoms with E-state index in [9.17, 15) is 4.79 Å². The maximum absolute atomic E-state index is 11.9. The highest BCUT2D eigenvalue weighted by Gasteiger charge is 2.42. The Morgan fingerprint density at radius 2 is 1.87 bits per heavy atom. The fourth-order valence-electron chi connectivity index (χ4n) is 4.65. The molecule has 30 heavy (non-hydrogen) atoms. The lowest BCUT2D eigenvalue weighted by Gasteiger charge is -2.47. The third kappa shape index (κ3) is 3.59. The summed E-state index contributed by atoms with van der Waals surface area (Å²) in [5.41, 5.74) is 3.51. The van der Waals surface area contributed by atoms with E-state index in [4.69, 9.17) is 21.1 Å². The van der Waals surface area contributed by atoms with Gasteiger partial charge in [-0.1, -0.05) is 30.2 Å². The molecular weight excluding hydrogens is 400 g/mol. The number of hydrogen-bond acceptors (Lipinski definition) is 4. The van der Waals surface area contributed by atoms with E-state index in [0.29, 0.717) is 17.2 Å². The zero-order valence-corrected chi connectivity index (χ0v) is 18.0. The van der Waals surface area contributed by atoms with Crippen LogP contribution < -0.4 is 10.1 Å². The third-order valence-corrected chi connectivity index (χ3v) is 7.08. The van der Waals surface area contributed by atoms with Crippen LogP contribution in [-0.2, 0) is 11.3 Å². The summed E-state index contributed by atoms with van der Waals surface area (Å²) < 4.78 is 12.7. The fraction of sp³-hybridized carbons (Fsp3) is 0.458. The maximum atomic E-state index is 11.9. The average molecular weight is 427 g/mol. The van der Waals surface area contributed by atoms with Crippen LogP contribution in [0.5, 0.6) is 5.75 Å². The van der Waals surface area contributed by atoms with Gasteiger partial charge in [-0.2, -0.15) is 0 Å². The van der Waals surface area contributed by atoms with Crippen molar-refractivity contribution in [3.05, 3.63) is 52.5 Å². The summed E-state index contributed by atoms with van der Waals surface area (Å²) in [5, 5.41) is 3.05. The normalized spacial score (nSPS) is 20.9. The van der Waals surface area contributed by atoms with Gasteiger partial charge in [-0.25, -0.2) is 0 Å². The Hall–Kier alpha value is -2.08. The second kappa shape index (κ2) is 7.88. The number of nitrogens with one attached hydrogen (secondary N) is 1. The van der Waals surface area contributed by atoms with Gasteiger partial charge in [0, 0.05) is 44.6 Å². The van der Waals surface area contributed by atoms with Crippen molar-refractivity contribution in [1.29, 1.82) is 0 Å². The highest BCUT2D eigenvalue weighted by atomic mass is 35.5. The van der Waals surface area contributed by atoms with Gasteiger partial charge in [0.25, 0.3) is 5.91 Å². The topological polar surface area (TPSA) is 50.8 Å². The van der Waals surface area contributed by atoms with Crippen molar-refractivity contribution in [2.45, 2.75) is 50.5 Å². The average Bonchev–Trinajstić information content (AvgIpc) is 2.73. The molecule has 1 aliphatic carbocycles. The highest BCUT2D eigenvalue weighted by molar-refractivity contribution is 6.34. The predicted molar refractivity (Wildman–Crippen MR) is 117 cm³/mol. The second-order valence-corrected chi connectivity index (χ2v) is 8.93. The lowest BCUT2D eigenvalue weighted by atomic mass is 9.89. The van der Waals surface area contributed by atoms with Crippen LogP contribution >= 0.6 is 11.6 Å². The number of carbonyl (C=O) groups is 1. The minimum atomic E-state index is -0.479. The van der Waals surface area contributed by atoms with Crippen molar-refractivity contribution in [2.75, 3.05) is 20.1 Å². The molecule has 0 unspecified atom stereocenters. The first-order valence-electron chi connectivity index (χ1n) is 10.8. The number of halogens is 1. The van der Waals surface area contributed by atoms with Crippen LogP contribution in [0, 0.1) is 0 Å². The Morgan fingerprint density at radius 3 is 2.53 bits per heavy atom. The fourth-order valence-corrected chi connectivity index (χ4v) is 4.92. The van der Waals surface area contributed by atoms with E-state index >= 15 is 0 Å². The first kappa shape index (κ1) is 19.9. The second-order valence-electron chi connectivity index (χ2n) is 8.52. The molecule has 0 bridgehead atoms. The first-order chi connectivity index (χ1) is 14.6. The monoisotopic (exact) mass is 426 g/mol. The van der Waals surface area contributed by atoms with E-state index in [1.807, 2.05) is 24.3 Å². The van der Waals surface area contributed by atoms with Gasteiger partial charge in [0.15, 0.2) is 0 Å². The minimum absolute atomic E-state index is 0.188. The summed E-state index contributed by atoms with van der Waals surface area (Å²) in [5.74, 6) is 0.246. The number of nitrogens with zero attached hydrogens (tertiary/aromatic N) is 1. The molecule has 3 aliphatic rings. The van der Waals surface area contributed by atoms with Crippen LogP contribution in [0.1, 0.15) is 48.0 Å². The maximum Gasteiger partial charge on any atom is 0.252 e. The molecule has 1 N–H and O–H groups in total. The molecule has 2 aromatic carbocycles. The van der Waals surface area contributed by atoms with E-state index in [-0.39, 0.29) is 5.91 Å². The molecule has 6 heteroatoms. The van der Waals surface area contributed by atoms with Gasteiger partial charge >= 0.3 is 0 Å². The zero-order chi connectivity index (χ0) is 20.7. The molecule has 1 spiro atoms. The number of amides is 1. The number of piperidine rings is 1. The molecule has 2 aromatic rings. The van der Waals surface area contributed by atoms with E-state index in [1.54, 1.807) is 13.1 Å². The Bertz CT molecular complexity index is 965. The first-order valence-corrected chi connectivity index (χ1v) is 11.2. The molecule has 1 amide bonds. The van der Waals surface area contributed by atoms with Crippen LogP contribution in [0.15, 0.2) is 36.4 Å². The molecule has 2 fully saturated rings. The Kier molecular flexibility index (Phi) is 5.21. The van der Waals surface area contributed by atoms with Crippen LogP contribution in [0.4, 0.5) is 0 Å². The van der Waals surface area contributed by atoms with E-state index in [0.717, 1.165) is 54.4 Å². The number of benzene rings is 2. The number of fused-ring (bicyclic) bond motifs is 1. The minimum Gasteiger partial charge on any atom is -0.462 e. The molecule has 0 radical (unpaired) electrons. The molecule has 0 atom stereocenters. The molecular formula is C24H27ClN2O3. The van der Waals surface area contributed by atoms with Gasteiger partial charge in [-0.15, -0.1) is 0 Å². The summed E-state index contributed by atoms with van der Waals surface area (Å²) in [6, 6.07) is 12.5. The molecule has 2 heterocycles. The van der Waals surface area contributed by atoms with E-state index in [1.165, 1.54) is 19.3 Å². The van der Waals surface area contributed by atoms with Crippen LogP contribution in [0.25, 0.3) is 11.1 Å². The molecule has 5 nitrogen and oxygen atoms in total. The number of hydrogen-bond donors (Lipinski definition) is 1. The van der Waals surface area contributed by atoms with Gasteiger partial charge in [0.1, 0.15) is 5.75 Å². The van der Waals surface area contributed by atoms with Crippen molar-refractivity contribution in [3.8, 4) is 16.9 Å². The Balaban J connectivity index is 1.31. The summed E-state index contributed by atoms with van der Waals surface area (Å²) in [7, 11) is 1.60. The summed E-state index contributed by atoms with van der Waals surface area (Å²) in [6.45, 7) is 2.65. The third-order valence-electron chi connectivity index (χ3n) is 6.77. The molecule has 2 aliphatic heterocycles. The van der Waals surface area contributed by atoms with Crippen molar-refractivity contribution < 1.29 is 14.3 Å². The number of carbonyl (C=O) groups excluding carboxylic acids is 1. The molecule has 158 valence electrons. The molecule has 1 saturated carbocycles. The molecule has 1 saturated heterocycles. The van der Waals surface area contributed by atoms with Gasteiger partial charge < -0.3 is 14.8 Å². The lowest BCUT2D eigenvalue weighted by Crippen LogP contribution is -2.54. The smallest absolute Gasteiger partial charge is 0.252 e. The van der Waals surface area contributed by atoms with Crippen molar-refractivity contribution in [1.82, 2.24) is 10.2 Å². The molecule has 0 aromatic heterocycles. The zero-order valence-electron chi connectivity index (χ0n) is 17.2. The van der Waals surface area contributed by atoms with Gasteiger partial charge in [0.2, 0.25) is 5.79 Å². The standard InChI is InChI=1S/C24H27ClN2O3/c1-26-23(28)20-7-5-17(14-21(20)25)16-6-8-22-18(13-16)15-29-24(30-22)9-11-27(12-10-24)19-3-2-4-19/h5-8,13-14,19H,2-4,9-12,15H2,1H3,(H,26,28).